The number of hydrogen-bond donors (Lipinski definition) is 2. The van der Waals surface area contributed by atoms with Crippen LogP contribution in [0.5, 0.6) is 5.75 Å². The molecular formula is C18H18N4O6S. The third-order valence-electron chi connectivity index (χ3n) is 3.69. The molecule has 2 aromatic carbocycles. The Bertz CT molecular complexity index is 900. The van der Waals surface area contributed by atoms with Crippen molar-refractivity contribution in [1.29, 1.82) is 0 Å². The van der Waals surface area contributed by atoms with Gasteiger partial charge in [-0.15, -0.1) is 0 Å². The molecule has 0 saturated carbocycles. The second-order valence-electron chi connectivity index (χ2n) is 5.89. The van der Waals surface area contributed by atoms with Crippen molar-refractivity contribution < 1.29 is 19.4 Å². The van der Waals surface area contributed by atoms with Crippen molar-refractivity contribution in [2.75, 3.05) is 11.9 Å². The Hall–Kier alpha value is -3.60. The Morgan fingerprint density at radius 3 is 2.17 bits per heavy atom. The highest BCUT2D eigenvalue weighted by Crippen LogP contribution is 2.22. The zero-order valence-corrected chi connectivity index (χ0v) is 16.2. The summed E-state index contributed by atoms with van der Waals surface area (Å²) < 4.78 is 5.55. The molecule has 0 aromatic heterocycles. The van der Waals surface area contributed by atoms with Crippen molar-refractivity contribution in [2.24, 2.45) is 0 Å². The van der Waals surface area contributed by atoms with Gasteiger partial charge in [-0.2, -0.15) is 0 Å². The lowest BCUT2D eigenvalue weighted by atomic mass is 10.1. The van der Waals surface area contributed by atoms with E-state index in [1.807, 2.05) is 0 Å². The van der Waals surface area contributed by atoms with E-state index in [1.165, 1.54) is 0 Å². The molecular weight excluding hydrogens is 400 g/mol. The van der Waals surface area contributed by atoms with E-state index in [2.05, 4.69) is 17.6 Å². The number of ether oxygens (including phenoxy) is 1. The molecule has 0 bridgehead atoms. The first-order chi connectivity index (χ1) is 13.8. The highest BCUT2D eigenvalue weighted by Gasteiger charge is 2.20. The van der Waals surface area contributed by atoms with Crippen molar-refractivity contribution in [3.8, 4) is 5.75 Å². The molecule has 2 N–H and O–H groups in total. The summed E-state index contributed by atoms with van der Waals surface area (Å²) in [6.45, 7) is 2.69. The minimum Gasteiger partial charge on any atom is -0.494 e. The lowest BCUT2D eigenvalue weighted by Gasteiger charge is -2.11. The van der Waals surface area contributed by atoms with Gasteiger partial charge < -0.3 is 10.1 Å². The van der Waals surface area contributed by atoms with Gasteiger partial charge in [0.25, 0.3) is 17.3 Å². The molecule has 0 aliphatic carbocycles. The third kappa shape index (κ3) is 6.50. The molecule has 2 rings (SSSR count). The summed E-state index contributed by atoms with van der Waals surface area (Å²) in [7, 11) is 0. The first kappa shape index (κ1) is 21.7. The van der Waals surface area contributed by atoms with Crippen LogP contribution < -0.4 is 15.4 Å². The fourth-order valence-electron chi connectivity index (χ4n) is 2.24. The number of nitro benzene ring substituents is 2. The van der Waals surface area contributed by atoms with E-state index in [9.17, 15) is 25.0 Å². The maximum Gasteiger partial charge on any atom is 0.277 e. The van der Waals surface area contributed by atoms with Crippen LogP contribution in [0.2, 0.25) is 0 Å². The van der Waals surface area contributed by atoms with Gasteiger partial charge in [-0.3, -0.25) is 30.3 Å². The van der Waals surface area contributed by atoms with E-state index in [4.69, 9.17) is 17.0 Å². The van der Waals surface area contributed by atoms with Crippen LogP contribution in [0.25, 0.3) is 0 Å². The van der Waals surface area contributed by atoms with Gasteiger partial charge >= 0.3 is 0 Å². The number of unbranched alkanes of at least 4 members (excludes halogenated alkanes) is 1. The van der Waals surface area contributed by atoms with Crippen LogP contribution in [-0.2, 0) is 0 Å². The molecule has 10 nitrogen and oxygen atoms in total. The average Bonchev–Trinajstić information content (AvgIpc) is 2.69. The molecule has 0 heterocycles. The number of carbonyl (C=O) groups is 1. The summed E-state index contributed by atoms with van der Waals surface area (Å²) in [5.41, 5.74) is -0.804. The Balaban J connectivity index is 2.02. The molecule has 152 valence electrons. The summed E-state index contributed by atoms with van der Waals surface area (Å²) in [6, 6.07) is 9.55. The first-order valence-corrected chi connectivity index (χ1v) is 9.00. The third-order valence-corrected chi connectivity index (χ3v) is 3.90. The fourth-order valence-corrected chi connectivity index (χ4v) is 2.45. The normalized spacial score (nSPS) is 10.1. The molecule has 0 atom stereocenters. The van der Waals surface area contributed by atoms with Gasteiger partial charge in [0.05, 0.1) is 28.1 Å². The van der Waals surface area contributed by atoms with Crippen molar-refractivity contribution >= 4 is 40.3 Å². The number of benzene rings is 2. The van der Waals surface area contributed by atoms with Crippen LogP contribution in [0, 0.1) is 20.2 Å². The Labute approximate surface area is 171 Å². The van der Waals surface area contributed by atoms with Crippen LogP contribution in [0.1, 0.15) is 30.1 Å². The molecule has 0 radical (unpaired) electrons. The van der Waals surface area contributed by atoms with Gasteiger partial charge in [-0.05, 0) is 42.9 Å². The number of nitrogens with zero attached hydrogens (tertiary/aromatic N) is 2. The zero-order chi connectivity index (χ0) is 21.4. The monoisotopic (exact) mass is 418 g/mol. The average molecular weight is 418 g/mol. The molecule has 11 heteroatoms. The minimum absolute atomic E-state index is 0.0659. The van der Waals surface area contributed by atoms with Gasteiger partial charge in [0.15, 0.2) is 5.11 Å². The van der Waals surface area contributed by atoms with E-state index in [0.717, 1.165) is 31.0 Å². The van der Waals surface area contributed by atoms with E-state index >= 15 is 0 Å². The molecule has 0 aliphatic rings. The van der Waals surface area contributed by atoms with E-state index in [1.54, 1.807) is 24.3 Å². The summed E-state index contributed by atoms with van der Waals surface area (Å²) in [6.07, 6.45) is 1.98. The van der Waals surface area contributed by atoms with Gasteiger partial charge in [0, 0.05) is 17.8 Å². The zero-order valence-electron chi connectivity index (χ0n) is 15.4. The molecule has 2 aromatic rings. The number of amides is 1. The number of thiocarbonyl (C=S) groups is 1. The number of carbonyl (C=O) groups excluding carboxylic acids is 1. The Morgan fingerprint density at radius 2 is 1.66 bits per heavy atom. The maximum atomic E-state index is 12.3. The standard InChI is InChI=1S/C18H18N4O6S/c1-2-3-8-28-16-6-4-13(5-7-16)19-18(29)20-17(23)12-9-14(21(24)25)11-15(10-12)22(26)27/h4-7,9-11H,2-3,8H2,1H3,(H2,19,20,23,29). The smallest absolute Gasteiger partial charge is 0.277 e. The minimum atomic E-state index is -0.815. The molecule has 0 aliphatic heterocycles. The van der Waals surface area contributed by atoms with Crippen molar-refractivity contribution in [2.45, 2.75) is 19.8 Å². The predicted octanol–water partition coefficient (Wildman–Crippen LogP) is 3.81. The fraction of sp³-hybridized carbons (Fsp3) is 0.222. The van der Waals surface area contributed by atoms with Gasteiger partial charge in [0.2, 0.25) is 0 Å². The van der Waals surface area contributed by atoms with E-state index in [-0.39, 0.29) is 10.7 Å². The highest BCUT2D eigenvalue weighted by atomic mass is 32.1. The van der Waals surface area contributed by atoms with Crippen LogP contribution in [-0.4, -0.2) is 27.5 Å². The highest BCUT2D eigenvalue weighted by molar-refractivity contribution is 7.80. The number of nitro groups is 2. The second-order valence-corrected chi connectivity index (χ2v) is 6.30. The lowest BCUT2D eigenvalue weighted by molar-refractivity contribution is -0.394. The topological polar surface area (TPSA) is 137 Å². The number of anilines is 1. The first-order valence-electron chi connectivity index (χ1n) is 8.59. The number of nitrogens with one attached hydrogen (secondary N) is 2. The predicted molar refractivity (Wildman–Crippen MR) is 110 cm³/mol. The van der Waals surface area contributed by atoms with Crippen LogP contribution in [0.4, 0.5) is 17.1 Å². The maximum absolute atomic E-state index is 12.3. The molecule has 1 amide bonds. The van der Waals surface area contributed by atoms with Gasteiger partial charge in [0.1, 0.15) is 5.75 Å². The second kappa shape index (κ2) is 10.1. The summed E-state index contributed by atoms with van der Waals surface area (Å²) in [4.78, 5) is 32.5. The van der Waals surface area contributed by atoms with Crippen molar-refractivity contribution in [1.82, 2.24) is 5.32 Å². The van der Waals surface area contributed by atoms with Crippen LogP contribution in [0.15, 0.2) is 42.5 Å². The number of non-ortho nitro benzene ring substituents is 2. The van der Waals surface area contributed by atoms with Crippen molar-refractivity contribution in [3.05, 3.63) is 68.3 Å². The largest absolute Gasteiger partial charge is 0.494 e. The SMILES string of the molecule is CCCCOc1ccc(NC(=S)NC(=O)c2cc([N+](=O)[O-])cc([N+](=O)[O-])c2)cc1. The van der Waals surface area contributed by atoms with Crippen LogP contribution in [0.3, 0.4) is 0 Å². The Kier molecular flexibility index (Phi) is 7.54. The van der Waals surface area contributed by atoms with Gasteiger partial charge in [-0.25, -0.2) is 0 Å². The molecule has 29 heavy (non-hydrogen) atoms. The molecule has 0 fully saturated rings. The van der Waals surface area contributed by atoms with E-state index < -0.39 is 27.1 Å². The molecule has 0 unspecified atom stereocenters. The lowest BCUT2D eigenvalue weighted by Crippen LogP contribution is -2.34. The quantitative estimate of drug-likeness (QED) is 0.286. The number of rotatable bonds is 8. The number of hydrogen-bond acceptors (Lipinski definition) is 7. The van der Waals surface area contributed by atoms with Gasteiger partial charge in [-0.1, -0.05) is 13.3 Å². The Morgan fingerprint density at radius 1 is 1.07 bits per heavy atom. The van der Waals surface area contributed by atoms with E-state index in [0.29, 0.717) is 18.0 Å². The molecule has 0 spiro atoms. The molecule has 0 saturated heterocycles. The summed E-state index contributed by atoms with van der Waals surface area (Å²) in [5, 5.41) is 26.9. The summed E-state index contributed by atoms with van der Waals surface area (Å²) >= 11 is 5.06. The summed E-state index contributed by atoms with van der Waals surface area (Å²) in [5.74, 6) is -0.114. The van der Waals surface area contributed by atoms with Crippen molar-refractivity contribution in [3.63, 3.8) is 0 Å². The van der Waals surface area contributed by atoms with Crippen LogP contribution >= 0.6 is 12.2 Å².